The van der Waals surface area contributed by atoms with E-state index >= 15 is 0 Å². The molecule has 3 rings (SSSR count). The summed E-state index contributed by atoms with van der Waals surface area (Å²) >= 11 is 0. The summed E-state index contributed by atoms with van der Waals surface area (Å²) in [5.74, 6) is 0. The van der Waals surface area contributed by atoms with Crippen LogP contribution >= 0.6 is 0 Å². The van der Waals surface area contributed by atoms with Crippen LogP contribution in [0, 0.1) is 0 Å². The van der Waals surface area contributed by atoms with Crippen molar-refractivity contribution < 1.29 is 9.90 Å². The van der Waals surface area contributed by atoms with Gasteiger partial charge in [0, 0.05) is 18.6 Å². The second-order valence-corrected chi connectivity index (χ2v) is 6.58. The monoisotopic (exact) mass is 314 g/mol. The third kappa shape index (κ3) is 4.14. The standard InChI is InChI=1S/C19H26N2O2/c22-18(15-8-3-1-4-9-15)14-17-12-7-13-21(17)19(23)20-16-10-5-2-6-11-16/h1-5,8-9,16-18,22H,6-7,10-14H2,(H,20,23). The summed E-state index contributed by atoms with van der Waals surface area (Å²) in [7, 11) is 0. The molecule has 3 atom stereocenters. The Balaban J connectivity index is 1.56. The summed E-state index contributed by atoms with van der Waals surface area (Å²) < 4.78 is 0. The second-order valence-electron chi connectivity index (χ2n) is 6.58. The third-order valence-electron chi connectivity index (χ3n) is 4.91. The molecular weight excluding hydrogens is 288 g/mol. The normalized spacial score (nSPS) is 25.3. The molecule has 1 saturated heterocycles. The van der Waals surface area contributed by atoms with E-state index in [4.69, 9.17) is 0 Å². The number of nitrogens with one attached hydrogen (secondary N) is 1. The zero-order valence-corrected chi connectivity index (χ0v) is 13.5. The third-order valence-corrected chi connectivity index (χ3v) is 4.91. The Labute approximate surface area is 138 Å². The van der Waals surface area contributed by atoms with Gasteiger partial charge in [0.1, 0.15) is 0 Å². The lowest BCUT2D eigenvalue weighted by atomic mass is 10.0. The van der Waals surface area contributed by atoms with Crippen molar-refractivity contribution in [1.29, 1.82) is 0 Å². The van der Waals surface area contributed by atoms with E-state index in [2.05, 4.69) is 17.5 Å². The highest BCUT2D eigenvalue weighted by atomic mass is 16.3. The first-order valence-electron chi connectivity index (χ1n) is 8.69. The first-order valence-corrected chi connectivity index (χ1v) is 8.69. The number of hydrogen-bond acceptors (Lipinski definition) is 2. The van der Waals surface area contributed by atoms with Crippen molar-refractivity contribution >= 4 is 6.03 Å². The molecule has 23 heavy (non-hydrogen) atoms. The molecule has 0 bridgehead atoms. The largest absolute Gasteiger partial charge is 0.388 e. The van der Waals surface area contributed by atoms with Crippen LogP contribution in [0.3, 0.4) is 0 Å². The average Bonchev–Trinajstić information content (AvgIpc) is 3.05. The van der Waals surface area contributed by atoms with E-state index < -0.39 is 6.10 Å². The fourth-order valence-corrected chi connectivity index (χ4v) is 3.60. The van der Waals surface area contributed by atoms with Gasteiger partial charge in [-0.2, -0.15) is 0 Å². The average molecular weight is 314 g/mol. The van der Waals surface area contributed by atoms with Crippen molar-refractivity contribution in [3.8, 4) is 0 Å². The topological polar surface area (TPSA) is 52.6 Å². The quantitative estimate of drug-likeness (QED) is 0.837. The maximum absolute atomic E-state index is 12.6. The van der Waals surface area contributed by atoms with Gasteiger partial charge in [0.25, 0.3) is 0 Å². The van der Waals surface area contributed by atoms with Crippen molar-refractivity contribution in [2.24, 2.45) is 0 Å². The lowest BCUT2D eigenvalue weighted by Crippen LogP contribution is -2.47. The van der Waals surface area contributed by atoms with Crippen LogP contribution in [0.5, 0.6) is 0 Å². The number of benzene rings is 1. The molecule has 2 aliphatic rings. The molecule has 1 aliphatic heterocycles. The maximum atomic E-state index is 12.6. The Morgan fingerprint density at radius 3 is 2.83 bits per heavy atom. The van der Waals surface area contributed by atoms with Gasteiger partial charge in [0.05, 0.1) is 6.10 Å². The van der Waals surface area contributed by atoms with E-state index in [0.29, 0.717) is 6.42 Å². The molecule has 0 radical (unpaired) electrons. The van der Waals surface area contributed by atoms with Crippen molar-refractivity contribution in [3.63, 3.8) is 0 Å². The highest BCUT2D eigenvalue weighted by molar-refractivity contribution is 5.75. The van der Waals surface area contributed by atoms with E-state index in [1.54, 1.807) is 0 Å². The Kier molecular flexibility index (Phi) is 5.34. The predicted molar refractivity (Wildman–Crippen MR) is 91.1 cm³/mol. The zero-order chi connectivity index (χ0) is 16.1. The number of aliphatic hydroxyl groups excluding tert-OH is 1. The SMILES string of the molecule is O=C(NC1CC=CCC1)N1CCCC1CC(O)c1ccccc1. The number of aliphatic hydroxyl groups is 1. The van der Waals surface area contributed by atoms with Gasteiger partial charge in [-0.3, -0.25) is 0 Å². The number of carbonyl (C=O) groups is 1. The van der Waals surface area contributed by atoms with Gasteiger partial charge in [-0.25, -0.2) is 4.79 Å². The van der Waals surface area contributed by atoms with Crippen LogP contribution in [0.2, 0.25) is 0 Å². The first-order chi connectivity index (χ1) is 11.2. The summed E-state index contributed by atoms with van der Waals surface area (Å²) in [4.78, 5) is 14.5. The van der Waals surface area contributed by atoms with E-state index in [-0.39, 0.29) is 18.1 Å². The van der Waals surface area contributed by atoms with E-state index in [1.807, 2.05) is 35.2 Å². The fraction of sp³-hybridized carbons (Fsp3) is 0.526. The number of urea groups is 1. The maximum Gasteiger partial charge on any atom is 0.317 e. The van der Waals surface area contributed by atoms with Crippen molar-refractivity contribution in [2.75, 3.05) is 6.54 Å². The first kappa shape index (κ1) is 16.1. The van der Waals surface area contributed by atoms with Gasteiger partial charge >= 0.3 is 6.03 Å². The lowest BCUT2D eigenvalue weighted by molar-refractivity contribution is 0.125. The molecule has 1 fully saturated rings. The van der Waals surface area contributed by atoms with Crippen LogP contribution in [0.25, 0.3) is 0 Å². The molecule has 1 aromatic carbocycles. The number of carbonyl (C=O) groups excluding carboxylic acids is 1. The molecule has 4 heteroatoms. The number of nitrogens with zero attached hydrogens (tertiary/aromatic N) is 1. The van der Waals surface area contributed by atoms with E-state index in [9.17, 15) is 9.90 Å². The van der Waals surface area contributed by atoms with Gasteiger partial charge in [-0.15, -0.1) is 0 Å². The molecule has 3 unspecified atom stereocenters. The van der Waals surface area contributed by atoms with Gasteiger partial charge in [-0.05, 0) is 44.1 Å². The van der Waals surface area contributed by atoms with Gasteiger partial charge < -0.3 is 15.3 Å². The highest BCUT2D eigenvalue weighted by Crippen LogP contribution is 2.27. The number of hydrogen-bond donors (Lipinski definition) is 2. The van der Waals surface area contributed by atoms with Crippen LogP contribution < -0.4 is 5.32 Å². The molecule has 1 aromatic rings. The van der Waals surface area contributed by atoms with Gasteiger partial charge in [0.2, 0.25) is 0 Å². The summed E-state index contributed by atoms with van der Waals surface area (Å²) in [6.45, 7) is 0.792. The summed E-state index contributed by atoms with van der Waals surface area (Å²) in [5.41, 5.74) is 0.928. The Morgan fingerprint density at radius 1 is 1.26 bits per heavy atom. The van der Waals surface area contributed by atoms with Gasteiger partial charge in [-0.1, -0.05) is 42.5 Å². The molecule has 1 aliphatic carbocycles. The van der Waals surface area contributed by atoms with Crippen molar-refractivity contribution in [3.05, 3.63) is 48.0 Å². The highest BCUT2D eigenvalue weighted by Gasteiger charge is 2.31. The summed E-state index contributed by atoms with van der Waals surface area (Å²) in [6.07, 6.45) is 9.42. The molecule has 0 aromatic heterocycles. The molecule has 2 amide bonds. The minimum absolute atomic E-state index is 0.0352. The second kappa shape index (κ2) is 7.64. The Hall–Kier alpha value is -1.81. The minimum atomic E-state index is -0.507. The van der Waals surface area contributed by atoms with Crippen LogP contribution in [-0.4, -0.2) is 34.7 Å². The van der Waals surface area contributed by atoms with Crippen LogP contribution in [-0.2, 0) is 0 Å². The number of likely N-dealkylation sites (tertiary alicyclic amines) is 1. The van der Waals surface area contributed by atoms with E-state index in [0.717, 1.165) is 44.2 Å². The molecule has 0 saturated carbocycles. The number of allylic oxidation sites excluding steroid dienone is 1. The van der Waals surface area contributed by atoms with Crippen LogP contribution in [0.1, 0.15) is 50.2 Å². The Morgan fingerprint density at radius 2 is 2.09 bits per heavy atom. The van der Waals surface area contributed by atoms with Crippen LogP contribution in [0.15, 0.2) is 42.5 Å². The van der Waals surface area contributed by atoms with Gasteiger partial charge in [0.15, 0.2) is 0 Å². The lowest BCUT2D eigenvalue weighted by Gasteiger charge is -2.29. The molecule has 1 heterocycles. The smallest absolute Gasteiger partial charge is 0.317 e. The van der Waals surface area contributed by atoms with E-state index in [1.165, 1.54) is 0 Å². The summed E-state index contributed by atoms with van der Waals surface area (Å²) in [6, 6.07) is 10.1. The summed E-state index contributed by atoms with van der Waals surface area (Å²) in [5, 5.41) is 13.6. The molecule has 4 nitrogen and oxygen atoms in total. The number of rotatable bonds is 4. The molecule has 0 spiro atoms. The molecule has 124 valence electrons. The van der Waals surface area contributed by atoms with Crippen LogP contribution in [0.4, 0.5) is 4.79 Å². The zero-order valence-electron chi connectivity index (χ0n) is 13.5. The fourth-order valence-electron chi connectivity index (χ4n) is 3.60. The predicted octanol–water partition coefficient (Wildman–Crippen LogP) is 3.39. The molecule has 2 N–H and O–H groups in total. The molecular formula is C19H26N2O2. The Bertz CT molecular complexity index is 544. The van der Waals surface area contributed by atoms with Crippen molar-refractivity contribution in [1.82, 2.24) is 10.2 Å². The number of amides is 2. The minimum Gasteiger partial charge on any atom is -0.388 e. The van der Waals surface area contributed by atoms with Crippen molar-refractivity contribution in [2.45, 2.75) is 56.7 Å².